The summed E-state index contributed by atoms with van der Waals surface area (Å²) in [5.74, 6) is 0. The van der Waals surface area contributed by atoms with Crippen molar-refractivity contribution < 1.29 is 0 Å². The molecule has 76 valence electrons. The van der Waals surface area contributed by atoms with Gasteiger partial charge < -0.3 is 5.32 Å². The van der Waals surface area contributed by atoms with E-state index in [1.807, 2.05) is 26.1 Å². The maximum atomic E-state index is 6.08. The number of benzene rings is 1. The zero-order valence-electron chi connectivity index (χ0n) is 8.68. The molecule has 0 aliphatic rings. The van der Waals surface area contributed by atoms with Gasteiger partial charge >= 0.3 is 0 Å². The van der Waals surface area contributed by atoms with Gasteiger partial charge in [0.2, 0.25) is 0 Å². The molecule has 0 bridgehead atoms. The summed E-state index contributed by atoms with van der Waals surface area (Å²) < 4.78 is 0. The Hall–Kier alpha value is -0.790. The van der Waals surface area contributed by atoms with Crippen LogP contribution in [0.25, 0.3) is 6.08 Å². The molecule has 0 spiro atoms. The minimum absolute atomic E-state index is 0.825. The average Bonchev–Trinajstić information content (AvgIpc) is 2.15. The molecular formula is C12H16ClN. The SMILES string of the molecule is CNCCC=Cc1ccc(C)cc1Cl. The van der Waals surface area contributed by atoms with Crippen LogP contribution in [0.3, 0.4) is 0 Å². The molecule has 0 saturated heterocycles. The van der Waals surface area contributed by atoms with Gasteiger partial charge in [-0.05, 0) is 44.1 Å². The van der Waals surface area contributed by atoms with Crippen molar-refractivity contribution in [1.82, 2.24) is 5.32 Å². The molecule has 0 atom stereocenters. The van der Waals surface area contributed by atoms with Crippen molar-refractivity contribution in [2.45, 2.75) is 13.3 Å². The topological polar surface area (TPSA) is 12.0 Å². The van der Waals surface area contributed by atoms with Crippen LogP contribution in [0.5, 0.6) is 0 Å². The van der Waals surface area contributed by atoms with Crippen molar-refractivity contribution in [1.29, 1.82) is 0 Å². The maximum Gasteiger partial charge on any atom is 0.0480 e. The number of hydrogen-bond donors (Lipinski definition) is 1. The highest BCUT2D eigenvalue weighted by Crippen LogP contribution is 2.18. The third kappa shape index (κ3) is 3.52. The van der Waals surface area contributed by atoms with Gasteiger partial charge in [-0.1, -0.05) is 35.9 Å². The van der Waals surface area contributed by atoms with Crippen molar-refractivity contribution in [2.24, 2.45) is 0 Å². The Labute approximate surface area is 90.8 Å². The summed E-state index contributed by atoms with van der Waals surface area (Å²) in [4.78, 5) is 0. The van der Waals surface area contributed by atoms with Crippen molar-refractivity contribution in [3.63, 3.8) is 0 Å². The Morgan fingerprint density at radius 3 is 2.86 bits per heavy atom. The molecule has 0 heterocycles. The summed E-state index contributed by atoms with van der Waals surface area (Å²) in [6, 6.07) is 6.11. The van der Waals surface area contributed by atoms with E-state index >= 15 is 0 Å². The van der Waals surface area contributed by atoms with Crippen LogP contribution in [0.15, 0.2) is 24.3 Å². The van der Waals surface area contributed by atoms with Crippen LogP contribution in [-0.4, -0.2) is 13.6 Å². The molecule has 14 heavy (non-hydrogen) atoms. The molecule has 0 amide bonds. The predicted octanol–water partition coefficient (Wildman–Crippen LogP) is 3.27. The monoisotopic (exact) mass is 209 g/mol. The smallest absolute Gasteiger partial charge is 0.0480 e. The fourth-order valence-electron chi connectivity index (χ4n) is 1.21. The Balaban J connectivity index is 2.62. The average molecular weight is 210 g/mol. The normalized spacial score (nSPS) is 11.1. The lowest BCUT2D eigenvalue weighted by atomic mass is 10.1. The summed E-state index contributed by atoms with van der Waals surface area (Å²) >= 11 is 6.08. The number of aryl methyl sites for hydroxylation is 1. The van der Waals surface area contributed by atoms with Gasteiger partial charge in [0, 0.05) is 5.02 Å². The van der Waals surface area contributed by atoms with Gasteiger partial charge in [-0.25, -0.2) is 0 Å². The second-order valence-corrected chi connectivity index (χ2v) is 3.73. The second-order valence-electron chi connectivity index (χ2n) is 3.32. The quantitative estimate of drug-likeness (QED) is 0.751. The first-order valence-corrected chi connectivity index (χ1v) is 5.19. The van der Waals surface area contributed by atoms with E-state index in [1.54, 1.807) is 0 Å². The molecule has 1 rings (SSSR count). The molecule has 0 aromatic heterocycles. The molecule has 0 saturated carbocycles. The minimum atomic E-state index is 0.825. The van der Waals surface area contributed by atoms with Gasteiger partial charge in [0.15, 0.2) is 0 Å². The lowest BCUT2D eigenvalue weighted by molar-refractivity contribution is 0.809. The Morgan fingerprint density at radius 1 is 1.43 bits per heavy atom. The maximum absolute atomic E-state index is 6.08. The lowest BCUT2D eigenvalue weighted by Crippen LogP contribution is -2.05. The molecule has 0 radical (unpaired) electrons. The van der Waals surface area contributed by atoms with E-state index in [9.17, 15) is 0 Å². The number of nitrogens with one attached hydrogen (secondary N) is 1. The van der Waals surface area contributed by atoms with E-state index in [1.165, 1.54) is 5.56 Å². The first-order valence-electron chi connectivity index (χ1n) is 4.81. The van der Waals surface area contributed by atoms with Gasteiger partial charge in [-0.3, -0.25) is 0 Å². The van der Waals surface area contributed by atoms with Gasteiger partial charge in [0.1, 0.15) is 0 Å². The highest BCUT2D eigenvalue weighted by atomic mass is 35.5. The summed E-state index contributed by atoms with van der Waals surface area (Å²) in [6.07, 6.45) is 5.23. The van der Waals surface area contributed by atoms with Gasteiger partial charge in [0.05, 0.1) is 0 Å². The first-order chi connectivity index (χ1) is 6.74. The van der Waals surface area contributed by atoms with Crippen LogP contribution in [-0.2, 0) is 0 Å². The largest absolute Gasteiger partial charge is 0.319 e. The predicted molar refractivity (Wildman–Crippen MR) is 63.8 cm³/mol. The third-order valence-corrected chi connectivity index (χ3v) is 2.34. The van der Waals surface area contributed by atoms with Crippen LogP contribution in [0.1, 0.15) is 17.5 Å². The molecule has 1 aromatic rings. The van der Waals surface area contributed by atoms with E-state index in [4.69, 9.17) is 11.6 Å². The summed E-state index contributed by atoms with van der Waals surface area (Å²) in [5, 5.41) is 3.92. The van der Waals surface area contributed by atoms with Crippen LogP contribution in [0.4, 0.5) is 0 Å². The number of halogens is 1. The molecule has 0 unspecified atom stereocenters. The van der Waals surface area contributed by atoms with Crippen molar-refractivity contribution in [2.75, 3.05) is 13.6 Å². The number of hydrogen-bond acceptors (Lipinski definition) is 1. The Bertz CT molecular complexity index is 318. The van der Waals surface area contributed by atoms with Crippen LogP contribution in [0, 0.1) is 6.92 Å². The molecule has 1 nitrogen and oxygen atoms in total. The van der Waals surface area contributed by atoms with E-state index in [2.05, 4.69) is 23.5 Å². The molecular weight excluding hydrogens is 194 g/mol. The fourth-order valence-corrected chi connectivity index (χ4v) is 1.50. The molecule has 0 fully saturated rings. The number of rotatable bonds is 4. The van der Waals surface area contributed by atoms with Crippen molar-refractivity contribution in [3.8, 4) is 0 Å². The van der Waals surface area contributed by atoms with Crippen LogP contribution >= 0.6 is 11.6 Å². The lowest BCUT2D eigenvalue weighted by Gasteiger charge is -1.99. The first kappa shape index (κ1) is 11.3. The van der Waals surface area contributed by atoms with Gasteiger partial charge in [-0.2, -0.15) is 0 Å². The molecule has 0 aliphatic carbocycles. The van der Waals surface area contributed by atoms with E-state index in [-0.39, 0.29) is 0 Å². The van der Waals surface area contributed by atoms with Gasteiger partial charge in [0.25, 0.3) is 0 Å². The fraction of sp³-hybridized carbons (Fsp3) is 0.333. The Morgan fingerprint density at radius 2 is 2.21 bits per heavy atom. The zero-order chi connectivity index (χ0) is 10.4. The van der Waals surface area contributed by atoms with E-state index in [0.717, 1.165) is 23.6 Å². The Kier molecular flexibility index (Phi) is 4.71. The summed E-state index contributed by atoms with van der Waals surface area (Å²) in [5.41, 5.74) is 2.29. The van der Waals surface area contributed by atoms with Crippen molar-refractivity contribution in [3.05, 3.63) is 40.4 Å². The molecule has 2 heteroatoms. The second kappa shape index (κ2) is 5.84. The van der Waals surface area contributed by atoms with E-state index < -0.39 is 0 Å². The van der Waals surface area contributed by atoms with Crippen LogP contribution < -0.4 is 5.32 Å². The highest BCUT2D eigenvalue weighted by Gasteiger charge is 1.95. The van der Waals surface area contributed by atoms with Gasteiger partial charge in [-0.15, -0.1) is 0 Å². The molecule has 0 aliphatic heterocycles. The molecule has 1 N–H and O–H groups in total. The molecule has 1 aromatic carbocycles. The van der Waals surface area contributed by atoms with E-state index in [0.29, 0.717) is 0 Å². The summed E-state index contributed by atoms with van der Waals surface area (Å²) in [6.45, 7) is 3.04. The standard InChI is InChI=1S/C12H16ClN/c1-10-6-7-11(12(13)9-10)5-3-4-8-14-2/h3,5-7,9,14H,4,8H2,1-2H3. The third-order valence-electron chi connectivity index (χ3n) is 2.01. The minimum Gasteiger partial charge on any atom is -0.319 e. The van der Waals surface area contributed by atoms with Crippen molar-refractivity contribution >= 4 is 17.7 Å². The summed E-state index contributed by atoms with van der Waals surface area (Å²) in [7, 11) is 1.95. The zero-order valence-corrected chi connectivity index (χ0v) is 9.43. The highest BCUT2D eigenvalue weighted by molar-refractivity contribution is 6.32. The van der Waals surface area contributed by atoms with Crippen LogP contribution in [0.2, 0.25) is 5.02 Å².